The number of carbonyl (C=O) groups is 1. The van der Waals surface area contributed by atoms with Gasteiger partial charge in [-0.15, -0.1) is 0 Å². The number of carbonyl (C=O) groups excluding carboxylic acids is 1. The van der Waals surface area contributed by atoms with Crippen LogP contribution in [0.1, 0.15) is 27.0 Å². The van der Waals surface area contributed by atoms with Crippen LogP contribution in [0.5, 0.6) is 0 Å². The van der Waals surface area contributed by atoms with Gasteiger partial charge in [-0.05, 0) is 38.0 Å². The molecule has 0 amide bonds. The van der Waals surface area contributed by atoms with Crippen LogP contribution < -0.4 is 0 Å². The van der Waals surface area contributed by atoms with Crippen molar-refractivity contribution < 1.29 is 9.00 Å². The summed E-state index contributed by atoms with van der Waals surface area (Å²) in [7, 11) is -1.32. The Bertz CT molecular complexity index is 637. The summed E-state index contributed by atoms with van der Waals surface area (Å²) in [4.78, 5) is 12.4. The van der Waals surface area contributed by atoms with E-state index < -0.39 is 10.8 Å². The van der Waals surface area contributed by atoms with Crippen LogP contribution in [0.4, 0.5) is 0 Å². The first-order chi connectivity index (χ1) is 9.04. The fraction of sp³-hybridized carbons (Fsp3) is 0.188. The van der Waals surface area contributed by atoms with E-state index in [-0.39, 0.29) is 0 Å². The van der Waals surface area contributed by atoms with E-state index in [1.807, 2.05) is 32.9 Å². The Hall–Kier alpha value is -1.74. The van der Waals surface area contributed by atoms with Crippen molar-refractivity contribution in [2.45, 2.75) is 30.6 Å². The monoisotopic (exact) mass is 272 g/mol. The van der Waals surface area contributed by atoms with E-state index in [4.69, 9.17) is 0 Å². The van der Waals surface area contributed by atoms with Crippen molar-refractivity contribution in [3.8, 4) is 0 Å². The molecule has 0 aliphatic heterocycles. The van der Waals surface area contributed by atoms with Crippen molar-refractivity contribution in [2.24, 2.45) is 0 Å². The minimum absolute atomic E-state index is 0.486. The summed E-state index contributed by atoms with van der Waals surface area (Å²) in [5.74, 6) is 0. The summed E-state index contributed by atoms with van der Waals surface area (Å²) in [5, 5.41) is 0. The van der Waals surface area contributed by atoms with Crippen molar-refractivity contribution in [3.05, 3.63) is 58.7 Å². The maximum Gasteiger partial charge on any atom is 0.151 e. The Morgan fingerprint density at radius 1 is 1.00 bits per heavy atom. The van der Waals surface area contributed by atoms with Crippen LogP contribution in [0.25, 0.3) is 0 Å². The number of aldehydes is 1. The fourth-order valence-electron chi connectivity index (χ4n) is 2.32. The molecular formula is C16H16O2S. The zero-order valence-corrected chi connectivity index (χ0v) is 12.1. The number of aryl methyl sites for hydroxylation is 3. The summed E-state index contributed by atoms with van der Waals surface area (Å²) in [6.07, 6.45) is 0.756. The molecule has 0 fully saturated rings. The molecule has 0 saturated carbocycles. The highest BCUT2D eigenvalue weighted by atomic mass is 32.2. The Morgan fingerprint density at radius 3 is 2.16 bits per heavy atom. The second-order valence-electron chi connectivity index (χ2n) is 4.65. The van der Waals surface area contributed by atoms with Gasteiger partial charge in [-0.2, -0.15) is 0 Å². The van der Waals surface area contributed by atoms with Crippen LogP contribution in [-0.2, 0) is 10.8 Å². The van der Waals surface area contributed by atoms with Crippen molar-refractivity contribution in [1.29, 1.82) is 0 Å². The summed E-state index contributed by atoms with van der Waals surface area (Å²) in [6.45, 7) is 5.93. The molecule has 2 aromatic carbocycles. The number of hydrogen-bond acceptors (Lipinski definition) is 2. The highest BCUT2D eigenvalue weighted by molar-refractivity contribution is 7.85. The Balaban J connectivity index is 2.60. The minimum Gasteiger partial charge on any atom is -0.298 e. The van der Waals surface area contributed by atoms with E-state index in [2.05, 4.69) is 0 Å². The first-order valence-electron chi connectivity index (χ1n) is 6.08. The van der Waals surface area contributed by atoms with Gasteiger partial charge in [0.1, 0.15) is 0 Å². The maximum absolute atomic E-state index is 12.7. The summed E-state index contributed by atoms with van der Waals surface area (Å²) in [6, 6.07) is 11.1. The van der Waals surface area contributed by atoms with Crippen LogP contribution in [0, 0.1) is 20.8 Å². The highest BCUT2D eigenvalue weighted by Gasteiger charge is 2.16. The van der Waals surface area contributed by atoms with Gasteiger partial charge in [0.15, 0.2) is 6.29 Å². The van der Waals surface area contributed by atoms with Crippen LogP contribution >= 0.6 is 0 Å². The molecule has 1 atom stereocenters. The number of benzene rings is 2. The molecule has 0 bridgehead atoms. The molecule has 3 heteroatoms. The van der Waals surface area contributed by atoms with Gasteiger partial charge >= 0.3 is 0 Å². The van der Waals surface area contributed by atoms with Crippen LogP contribution in [0.2, 0.25) is 0 Å². The third kappa shape index (κ3) is 2.66. The summed E-state index contributed by atoms with van der Waals surface area (Å²) < 4.78 is 12.7. The van der Waals surface area contributed by atoms with Crippen molar-refractivity contribution in [3.63, 3.8) is 0 Å². The standard InChI is InChI=1S/C16H16O2S/c1-11-8-12(2)16(13(3)9-11)19(18)15-7-5-4-6-14(15)10-17/h4-10H,1-3H3/t19-/m0/s1. The maximum atomic E-state index is 12.7. The summed E-state index contributed by atoms with van der Waals surface area (Å²) in [5.41, 5.74) is 3.63. The SMILES string of the molecule is Cc1cc(C)c([S@@](=O)c2ccccc2C=O)c(C)c1. The molecule has 0 saturated heterocycles. The highest BCUT2D eigenvalue weighted by Crippen LogP contribution is 2.26. The zero-order valence-electron chi connectivity index (χ0n) is 11.3. The lowest BCUT2D eigenvalue weighted by Crippen LogP contribution is -2.02. The molecule has 0 N–H and O–H groups in total. The average Bonchev–Trinajstić information content (AvgIpc) is 2.37. The minimum atomic E-state index is -1.32. The van der Waals surface area contributed by atoms with Crippen molar-refractivity contribution in [2.75, 3.05) is 0 Å². The first kappa shape index (κ1) is 13.7. The average molecular weight is 272 g/mol. The number of hydrogen-bond donors (Lipinski definition) is 0. The lowest BCUT2D eigenvalue weighted by molar-refractivity contribution is 0.112. The predicted octanol–water partition coefficient (Wildman–Crippen LogP) is 3.59. The molecule has 0 aromatic heterocycles. The van der Waals surface area contributed by atoms with E-state index in [0.717, 1.165) is 27.9 Å². The van der Waals surface area contributed by atoms with Gasteiger partial charge in [0, 0.05) is 10.5 Å². The van der Waals surface area contributed by atoms with Gasteiger partial charge < -0.3 is 0 Å². The van der Waals surface area contributed by atoms with E-state index in [1.54, 1.807) is 24.3 Å². The van der Waals surface area contributed by atoms with E-state index in [1.165, 1.54) is 0 Å². The van der Waals surface area contributed by atoms with Crippen LogP contribution in [0.3, 0.4) is 0 Å². The van der Waals surface area contributed by atoms with Crippen LogP contribution in [0.15, 0.2) is 46.2 Å². The van der Waals surface area contributed by atoms with Gasteiger partial charge in [-0.25, -0.2) is 4.21 Å². The van der Waals surface area contributed by atoms with Gasteiger partial charge in [0.2, 0.25) is 0 Å². The van der Waals surface area contributed by atoms with Gasteiger partial charge in [-0.3, -0.25) is 4.79 Å². The van der Waals surface area contributed by atoms with Gasteiger partial charge in [-0.1, -0.05) is 35.9 Å². The summed E-state index contributed by atoms with van der Waals surface area (Å²) >= 11 is 0. The van der Waals surface area contributed by atoms with Crippen molar-refractivity contribution in [1.82, 2.24) is 0 Å². The van der Waals surface area contributed by atoms with Crippen molar-refractivity contribution >= 4 is 17.1 Å². The number of rotatable bonds is 3. The lowest BCUT2D eigenvalue weighted by atomic mass is 10.1. The van der Waals surface area contributed by atoms with Crippen LogP contribution in [-0.4, -0.2) is 10.5 Å². The molecule has 98 valence electrons. The molecule has 0 heterocycles. The molecule has 2 nitrogen and oxygen atoms in total. The first-order valence-corrected chi connectivity index (χ1v) is 7.23. The molecule has 0 aliphatic carbocycles. The molecule has 0 aliphatic rings. The Morgan fingerprint density at radius 2 is 1.58 bits per heavy atom. The molecule has 0 radical (unpaired) electrons. The largest absolute Gasteiger partial charge is 0.298 e. The predicted molar refractivity (Wildman–Crippen MR) is 77.2 cm³/mol. The lowest BCUT2D eigenvalue weighted by Gasteiger charge is -2.12. The second kappa shape index (κ2) is 5.49. The smallest absolute Gasteiger partial charge is 0.151 e. The van der Waals surface area contributed by atoms with E-state index in [0.29, 0.717) is 10.5 Å². The Labute approximate surface area is 115 Å². The second-order valence-corrected chi connectivity index (χ2v) is 6.04. The fourth-order valence-corrected chi connectivity index (χ4v) is 3.77. The quantitative estimate of drug-likeness (QED) is 0.800. The molecule has 19 heavy (non-hydrogen) atoms. The third-order valence-corrected chi connectivity index (χ3v) is 4.82. The Kier molecular flexibility index (Phi) is 3.96. The third-order valence-electron chi connectivity index (χ3n) is 3.04. The molecule has 2 rings (SSSR count). The van der Waals surface area contributed by atoms with E-state index in [9.17, 15) is 9.00 Å². The van der Waals surface area contributed by atoms with E-state index >= 15 is 0 Å². The zero-order chi connectivity index (χ0) is 14.0. The molecule has 0 spiro atoms. The van der Waals surface area contributed by atoms with Gasteiger partial charge in [0.25, 0.3) is 0 Å². The molecule has 2 aromatic rings. The topological polar surface area (TPSA) is 34.1 Å². The normalized spacial score (nSPS) is 12.2. The molecular weight excluding hydrogens is 256 g/mol. The van der Waals surface area contributed by atoms with Gasteiger partial charge in [0.05, 0.1) is 15.7 Å². The molecule has 0 unspecified atom stereocenters.